The van der Waals surface area contributed by atoms with Crippen molar-refractivity contribution in [3.8, 4) is 0 Å². The highest BCUT2D eigenvalue weighted by molar-refractivity contribution is 6.19. The third-order valence-corrected chi connectivity index (χ3v) is 2.78. The van der Waals surface area contributed by atoms with Gasteiger partial charge in [-0.1, -0.05) is 25.1 Å². The maximum Gasteiger partial charge on any atom is 0.274 e. The van der Waals surface area contributed by atoms with Crippen molar-refractivity contribution >= 4 is 23.2 Å². The third kappa shape index (κ3) is 3.71. The van der Waals surface area contributed by atoms with E-state index in [-0.39, 0.29) is 29.9 Å². The van der Waals surface area contributed by atoms with Crippen molar-refractivity contribution in [1.29, 1.82) is 0 Å². The number of nitro groups is 1. The fourth-order valence-electron chi connectivity index (χ4n) is 1.27. The number of nitrogens with one attached hydrogen (secondary N) is 1. The highest BCUT2D eigenvalue weighted by Crippen LogP contribution is 2.17. The molecular formula is C11H13ClN2O3. The van der Waals surface area contributed by atoms with Crippen LogP contribution in [0.15, 0.2) is 24.3 Å². The summed E-state index contributed by atoms with van der Waals surface area (Å²) in [5.41, 5.74) is 0.485. The summed E-state index contributed by atoms with van der Waals surface area (Å²) >= 11 is 5.54. The second-order valence-electron chi connectivity index (χ2n) is 3.66. The number of hydrogen-bond acceptors (Lipinski definition) is 3. The second-order valence-corrected chi connectivity index (χ2v) is 3.97. The first-order valence-corrected chi connectivity index (χ1v) is 5.65. The first kappa shape index (κ1) is 13.4. The van der Waals surface area contributed by atoms with Crippen molar-refractivity contribution < 1.29 is 9.72 Å². The molecule has 0 heterocycles. The zero-order chi connectivity index (χ0) is 12.8. The van der Waals surface area contributed by atoms with Crippen molar-refractivity contribution in [3.63, 3.8) is 0 Å². The zero-order valence-corrected chi connectivity index (χ0v) is 10.1. The average molecular weight is 257 g/mol. The van der Waals surface area contributed by atoms with Gasteiger partial charge in [0.15, 0.2) is 0 Å². The Labute approximate surface area is 104 Å². The Bertz CT molecular complexity index is 423. The molecule has 0 spiro atoms. The molecule has 92 valence electrons. The summed E-state index contributed by atoms with van der Waals surface area (Å²) in [5, 5.41) is 13.3. The van der Waals surface area contributed by atoms with E-state index in [2.05, 4.69) is 5.32 Å². The molecule has 1 amide bonds. The summed E-state index contributed by atoms with van der Waals surface area (Å²) in [6.45, 7) is 1.83. The van der Waals surface area contributed by atoms with Gasteiger partial charge in [-0.15, -0.1) is 11.6 Å². The van der Waals surface area contributed by atoms with Crippen molar-refractivity contribution in [2.24, 2.45) is 5.92 Å². The van der Waals surface area contributed by atoms with Gasteiger partial charge in [0.05, 0.1) is 4.92 Å². The Morgan fingerprint density at radius 2 is 2.18 bits per heavy atom. The molecule has 5 nitrogen and oxygen atoms in total. The smallest absolute Gasteiger partial charge is 0.274 e. The van der Waals surface area contributed by atoms with E-state index in [4.69, 9.17) is 11.6 Å². The van der Waals surface area contributed by atoms with E-state index in [0.29, 0.717) is 5.56 Å². The van der Waals surface area contributed by atoms with Gasteiger partial charge in [0.1, 0.15) is 0 Å². The second kappa shape index (κ2) is 6.20. The number of carbonyl (C=O) groups is 1. The van der Waals surface area contributed by atoms with E-state index in [1.54, 1.807) is 25.1 Å². The van der Waals surface area contributed by atoms with E-state index in [9.17, 15) is 14.9 Å². The molecule has 0 saturated carbocycles. The predicted octanol–water partition coefficient (Wildman–Crippen LogP) is 2.09. The van der Waals surface area contributed by atoms with Gasteiger partial charge in [-0.25, -0.2) is 0 Å². The van der Waals surface area contributed by atoms with Gasteiger partial charge < -0.3 is 5.32 Å². The molecule has 1 N–H and O–H groups in total. The minimum atomic E-state index is -0.466. The lowest BCUT2D eigenvalue weighted by Crippen LogP contribution is -2.29. The number of para-hydroxylation sites is 1. The number of benzene rings is 1. The van der Waals surface area contributed by atoms with Crippen LogP contribution in [-0.2, 0) is 11.3 Å². The Balaban J connectivity index is 2.69. The molecular weight excluding hydrogens is 244 g/mol. The van der Waals surface area contributed by atoms with Crippen LogP contribution in [0.5, 0.6) is 0 Å². The van der Waals surface area contributed by atoms with Crippen LogP contribution in [0.1, 0.15) is 12.5 Å². The molecule has 6 heteroatoms. The largest absolute Gasteiger partial charge is 0.351 e. The van der Waals surface area contributed by atoms with E-state index in [0.717, 1.165) is 0 Å². The number of carbonyl (C=O) groups excluding carboxylic acids is 1. The molecule has 0 fully saturated rings. The predicted molar refractivity (Wildman–Crippen MR) is 64.8 cm³/mol. The lowest BCUT2D eigenvalue weighted by atomic mass is 10.1. The zero-order valence-electron chi connectivity index (χ0n) is 9.35. The number of nitro benzene ring substituents is 1. The molecule has 0 bridgehead atoms. The normalized spacial score (nSPS) is 11.9. The van der Waals surface area contributed by atoms with Gasteiger partial charge >= 0.3 is 0 Å². The quantitative estimate of drug-likeness (QED) is 0.498. The van der Waals surface area contributed by atoms with Gasteiger partial charge in [0.2, 0.25) is 5.91 Å². The SMILES string of the molecule is CC(CCl)C(=O)NCc1ccccc1[N+](=O)[O-]. The molecule has 1 aromatic rings. The Morgan fingerprint density at radius 1 is 1.53 bits per heavy atom. The van der Waals surface area contributed by atoms with Gasteiger partial charge in [-0.2, -0.15) is 0 Å². The summed E-state index contributed by atoms with van der Waals surface area (Å²) in [5.74, 6) is -0.291. The first-order chi connectivity index (χ1) is 8.06. The summed E-state index contributed by atoms with van der Waals surface area (Å²) in [6, 6.07) is 6.31. The van der Waals surface area contributed by atoms with Crippen molar-refractivity contribution in [3.05, 3.63) is 39.9 Å². The molecule has 1 aromatic carbocycles. The molecule has 1 rings (SSSR count). The van der Waals surface area contributed by atoms with Crippen LogP contribution in [0, 0.1) is 16.0 Å². The van der Waals surface area contributed by atoms with Gasteiger partial charge in [0.25, 0.3) is 5.69 Å². The topological polar surface area (TPSA) is 72.2 Å². The lowest BCUT2D eigenvalue weighted by molar-refractivity contribution is -0.385. The summed E-state index contributed by atoms with van der Waals surface area (Å²) in [6.07, 6.45) is 0. The fraction of sp³-hybridized carbons (Fsp3) is 0.364. The standard InChI is InChI=1S/C11H13ClN2O3/c1-8(6-12)11(15)13-7-9-4-2-3-5-10(9)14(16)17/h2-5,8H,6-7H2,1H3,(H,13,15). The van der Waals surface area contributed by atoms with Crippen LogP contribution >= 0.6 is 11.6 Å². The number of alkyl halides is 1. The summed E-state index contributed by atoms with van der Waals surface area (Å²) < 4.78 is 0. The van der Waals surface area contributed by atoms with Crippen LogP contribution in [-0.4, -0.2) is 16.7 Å². The molecule has 0 aliphatic heterocycles. The molecule has 1 unspecified atom stereocenters. The molecule has 17 heavy (non-hydrogen) atoms. The lowest BCUT2D eigenvalue weighted by Gasteiger charge is -2.09. The highest BCUT2D eigenvalue weighted by atomic mass is 35.5. The number of rotatable bonds is 5. The summed E-state index contributed by atoms with van der Waals surface area (Å²) in [7, 11) is 0. The van der Waals surface area contributed by atoms with Crippen molar-refractivity contribution in [2.75, 3.05) is 5.88 Å². The minimum absolute atomic E-state index is 0.00586. The van der Waals surface area contributed by atoms with Crippen molar-refractivity contribution in [1.82, 2.24) is 5.32 Å². The highest BCUT2D eigenvalue weighted by Gasteiger charge is 2.15. The molecule has 0 radical (unpaired) electrons. The average Bonchev–Trinajstić information content (AvgIpc) is 2.35. The third-order valence-electron chi connectivity index (χ3n) is 2.32. The number of nitrogens with zero attached hydrogens (tertiary/aromatic N) is 1. The van der Waals surface area contributed by atoms with Crippen LogP contribution in [0.4, 0.5) is 5.69 Å². The molecule has 1 atom stereocenters. The minimum Gasteiger partial charge on any atom is -0.351 e. The Kier molecular flexibility index (Phi) is 4.90. The monoisotopic (exact) mass is 256 g/mol. The van der Waals surface area contributed by atoms with Gasteiger partial charge in [-0.05, 0) is 0 Å². The maximum absolute atomic E-state index is 11.5. The van der Waals surface area contributed by atoms with E-state index in [1.165, 1.54) is 6.07 Å². The van der Waals surface area contributed by atoms with Crippen LogP contribution < -0.4 is 5.32 Å². The Hall–Kier alpha value is -1.62. The van der Waals surface area contributed by atoms with Crippen molar-refractivity contribution in [2.45, 2.75) is 13.5 Å². The first-order valence-electron chi connectivity index (χ1n) is 5.12. The molecule has 0 aromatic heterocycles. The van der Waals surface area contributed by atoms with Gasteiger partial charge in [-0.3, -0.25) is 14.9 Å². The number of halogens is 1. The molecule has 0 aliphatic rings. The Morgan fingerprint density at radius 3 is 2.76 bits per heavy atom. The summed E-state index contributed by atoms with van der Waals surface area (Å²) in [4.78, 5) is 21.7. The number of amides is 1. The van der Waals surface area contributed by atoms with Gasteiger partial charge in [0, 0.05) is 30.0 Å². The number of hydrogen-bond donors (Lipinski definition) is 1. The van der Waals surface area contributed by atoms with Crippen LogP contribution in [0.2, 0.25) is 0 Å². The molecule has 0 saturated heterocycles. The molecule has 0 aliphatic carbocycles. The fourth-order valence-corrected chi connectivity index (χ4v) is 1.41. The maximum atomic E-state index is 11.5. The van der Waals surface area contributed by atoms with Crippen LogP contribution in [0.3, 0.4) is 0 Å². The van der Waals surface area contributed by atoms with Crippen LogP contribution in [0.25, 0.3) is 0 Å². The van der Waals surface area contributed by atoms with E-state index >= 15 is 0 Å². The van der Waals surface area contributed by atoms with E-state index < -0.39 is 4.92 Å². The van der Waals surface area contributed by atoms with E-state index in [1.807, 2.05) is 0 Å².